The van der Waals surface area contributed by atoms with E-state index in [4.69, 9.17) is 14.9 Å². The van der Waals surface area contributed by atoms with Gasteiger partial charge in [-0.15, -0.1) is 0 Å². The van der Waals surface area contributed by atoms with Crippen LogP contribution in [0.5, 0.6) is 5.75 Å². The minimum atomic E-state index is -2.20. The summed E-state index contributed by atoms with van der Waals surface area (Å²) in [4.78, 5) is 4.67. The Labute approximate surface area is 221 Å². The summed E-state index contributed by atoms with van der Waals surface area (Å²) in [6.45, 7) is 14.0. The van der Waals surface area contributed by atoms with E-state index in [0.29, 0.717) is 30.9 Å². The van der Waals surface area contributed by atoms with Crippen molar-refractivity contribution in [2.24, 2.45) is 10.7 Å². The lowest BCUT2D eigenvalue weighted by Gasteiger charge is -2.36. The maximum Gasteiger partial charge on any atom is 0.250 e. The fourth-order valence-corrected chi connectivity index (χ4v) is 5.32. The average molecular weight is 577 g/mol. The van der Waals surface area contributed by atoms with Crippen molar-refractivity contribution in [2.75, 3.05) is 18.5 Å². The van der Waals surface area contributed by atoms with Crippen molar-refractivity contribution in [3.05, 3.63) is 52.0 Å². The zero-order valence-corrected chi connectivity index (χ0v) is 24.4. The molecule has 1 aromatic carbocycles. The maximum absolute atomic E-state index is 15.2. The molecule has 1 aliphatic rings. The molecule has 1 aliphatic heterocycles. The van der Waals surface area contributed by atoms with E-state index in [9.17, 15) is 0 Å². The normalized spacial score (nSPS) is 17.1. The molecule has 10 heteroatoms. The molecule has 0 bridgehead atoms. The number of rotatable bonds is 7. The van der Waals surface area contributed by atoms with Gasteiger partial charge in [0.25, 0.3) is 8.32 Å². The smallest absolute Gasteiger partial charge is 0.250 e. The van der Waals surface area contributed by atoms with Crippen LogP contribution in [0.4, 0.5) is 15.8 Å². The molecular formula is C26H35BrFN5O2Si. The molecule has 0 radical (unpaired) electrons. The number of nitrogens with zero attached hydrogens (tertiary/aromatic N) is 3. The van der Waals surface area contributed by atoms with Crippen LogP contribution in [0.2, 0.25) is 18.1 Å². The number of hydrogen-bond donors (Lipinski definition) is 2. The van der Waals surface area contributed by atoms with E-state index in [1.807, 2.05) is 19.2 Å². The molecule has 0 aliphatic carbocycles. The third-order valence-corrected chi connectivity index (χ3v) is 11.9. The Balaban J connectivity index is 1.74. The topological polar surface area (TPSA) is 86.2 Å². The number of amidine groups is 1. The third-order valence-electron chi connectivity index (χ3n) is 7.08. The number of aliphatic imine (C=N–C) groups is 1. The zero-order chi connectivity index (χ0) is 26.3. The number of hydrogen-bond acceptors (Lipinski definition) is 5. The van der Waals surface area contributed by atoms with Crippen LogP contribution < -0.4 is 15.5 Å². The van der Waals surface area contributed by atoms with Crippen LogP contribution in [0.1, 0.15) is 45.2 Å². The average Bonchev–Trinajstić information content (AvgIpc) is 3.43. The predicted molar refractivity (Wildman–Crippen MR) is 150 cm³/mol. The molecule has 3 heterocycles. The lowest BCUT2D eigenvalue weighted by atomic mass is 10.1. The number of ether oxygens (including phenoxy) is 1. The third kappa shape index (κ3) is 5.45. The number of nitrogens with two attached hydrogens (primary N) is 1. The number of halogens is 2. The van der Waals surface area contributed by atoms with Gasteiger partial charge in [0, 0.05) is 23.3 Å². The van der Waals surface area contributed by atoms with Gasteiger partial charge in [0.05, 0.1) is 41.3 Å². The molecule has 2 aromatic heterocycles. The Morgan fingerprint density at radius 1 is 1.36 bits per heavy atom. The van der Waals surface area contributed by atoms with E-state index in [-0.39, 0.29) is 22.7 Å². The van der Waals surface area contributed by atoms with Gasteiger partial charge in [0.2, 0.25) is 0 Å². The first kappa shape index (κ1) is 26.6. The lowest BCUT2D eigenvalue weighted by molar-refractivity contribution is 0.195. The second kappa shape index (κ2) is 10.1. The number of nitrogens with one attached hydrogen (secondary N) is 1. The summed E-state index contributed by atoms with van der Waals surface area (Å²) in [6, 6.07) is 5.33. The minimum absolute atomic E-state index is 0.0414. The van der Waals surface area contributed by atoms with Crippen LogP contribution in [0, 0.1) is 5.82 Å². The second-order valence-corrected chi connectivity index (χ2v) is 16.4. The summed E-state index contributed by atoms with van der Waals surface area (Å²) in [7, 11) is -2.20. The quantitative estimate of drug-likeness (QED) is 0.193. The van der Waals surface area contributed by atoms with E-state index >= 15 is 4.39 Å². The van der Waals surface area contributed by atoms with Crippen molar-refractivity contribution in [3.63, 3.8) is 0 Å². The first-order chi connectivity index (χ1) is 16.9. The van der Waals surface area contributed by atoms with Gasteiger partial charge in [0.15, 0.2) is 5.82 Å². The molecule has 4 rings (SSSR count). The highest BCUT2D eigenvalue weighted by Gasteiger charge is 2.39. The number of fused-ring (bicyclic) bond motifs is 1. The van der Waals surface area contributed by atoms with Crippen molar-refractivity contribution < 1.29 is 13.6 Å². The zero-order valence-electron chi connectivity index (χ0n) is 21.8. The van der Waals surface area contributed by atoms with E-state index in [1.54, 1.807) is 16.8 Å². The van der Waals surface area contributed by atoms with Crippen LogP contribution in [-0.4, -0.2) is 43.0 Å². The molecule has 0 amide bonds. The highest BCUT2D eigenvalue weighted by atomic mass is 79.9. The van der Waals surface area contributed by atoms with E-state index < -0.39 is 14.1 Å². The van der Waals surface area contributed by atoms with Crippen LogP contribution in [0.15, 0.2) is 40.1 Å². The van der Waals surface area contributed by atoms with E-state index in [2.05, 4.69) is 65.2 Å². The van der Waals surface area contributed by atoms with Gasteiger partial charge >= 0.3 is 0 Å². The van der Waals surface area contributed by atoms with Crippen molar-refractivity contribution >= 4 is 47.0 Å². The van der Waals surface area contributed by atoms with Gasteiger partial charge in [-0.25, -0.2) is 13.9 Å². The molecular weight excluding hydrogens is 541 g/mol. The SMILES string of the molecule is CCc1cc(O[Si](C)(C)C(C)(C)C)c(F)cc1/N=C(\N)c1cnn2cc(Br)cc2c1N[C@H]1CCOC1. The molecule has 194 valence electrons. The Hall–Kier alpha value is -2.43. The van der Waals surface area contributed by atoms with Crippen LogP contribution >= 0.6 is 15.9 Å². The summed E-state index contributed by atoms with van der Waals surface area (Å²) >= 11 is 3.53. The number of benzene rings is 1. The fourth-order valence-electron chi connectivity index (χ4n) is 3.89. The maximum atomic E-state index is 15.2. The van der Waals surface area contributed by atoms with E-state index in [1.165, 1.54) is 6.07 Å². The van der Waals surface area contributed by atoms with Gasteiger partial charge in [-0.2, -0.15) is 5.10 Å². The standard InChI is InChI=1S/C26H35BrFN5O2Si/c1-7-16-10-23(35-36(5,6)26(2,3)4)20(28)12-21(16)32-25(29)19-13-30-33-14-17(27)11-22(33)24(19)31-18-8-9-34-15-18/h10-14,18,31H,7-9,15H2,1-6H3,(H2,29,32)/t18-/m0/s1. The summed E-state index contributed by atoms with van der Waals surface area (Å²) in [5.74, 6) is 0.103. The summed E-state index contributed by atoms with van der Waals surface area (Å²) in [6.07, 6.45) is 5.13. The highest BCUT2D eigenvalue weighted by molar-refractivity contribution is 9.10. The van der Waals surface area contributed by atoms with Crippen molar-refractivity contribution in [3.8, 4) is 5.75 Å². The van der Waals surface area contributed by atoms with Gasteiger partial charge in [-0.3, -0.25) is 0 Å². The number of aryl methyl sites for hydroxylation is 1. The van der Waals surface area contributed by atoms with Gasteiger partial charge < -0.3 is 20.2 Å². The summed E-state index contributed by atoms with van der Waals surface area (Å²) < 4.78 is 29.7. The van der Waals surface area contributed by atoms with Crippen LogP contribution in [0.25, 0.3) is 5.52 Å². The molecule has 0 spiro atoms. The molecule has 0 saturated carbocycles. The van der Waals surface area contributed by atoms with Gasteiger partial charge in [0.1, 0.15) is 11.6 Å². The molecule has 1 fully saturated rings. The molecule has 0 unspecified atom stereocenters. The van der Waals surface area contributed by atoms with Crippen molar-refractivity contribution in [1.82, 2.24) is 9.61 Å². The second-order valence-electron chi connectivity index (χ2n) is 10.8. The molecule has 36 heavy (non-hydrogen) atoms. The monoisotopic (exact) mass is 575 g/mol. The molecule has 3 aromatic rings. The molecule has 1 saturated heterocycles. The van der Waals surface area contributed by atoms with Crippen LogP contribution in [0.3, 0.4) is 0 Å². The van der Waals surface area contributed by atoms with E-state index in [0.717, 1.165) is 27.7 Å². The highest BCUT2D eigenvalue weighted by Crippen LogP contribution is 2.39. The Kier molecular flexibility index (Phi) is 7.50. The minimum Gasteiger partial charge on any atom is -0.542 e. The fraction of sp³-hybridized carbons (Fsp3) is 0.462. The Bertz CT molecular complexity index is 1300. The van der Waals surface area contributed by atoms with Gasteiger partial charge in [-0.05, 0) is 64.6 Å². The number of aromatic nitrogens is 2. The Morgan fingerprint density at radius 2 is 2.11 bits per heavy atom. The summed E-state index contributed by atoms with van der Waals surface area (Å²) in [5.41, 5.74) is 10.2. The molecule has 7 nitrogen and oxygen atoms in total. The van der Waals surface area contributed by atoms with Gasteiger partial charge in [-0.1, -0.05) is 27.7 Å². The first-order valence-electron chi connectivity index (χ1n) is 12.3. The molecule has 1 atom stereocenters. The Morgan fingerprint density at radius 3 is 2.75 bits per heavy atom. The lowest BCUT2D eigenvalue weighted by Crippen LogP contribution is -2.44. The predicted octanol–water partition coefficient (Wildman–Crippen LogP) is 6.42. The van der Waals surface area contributed by atoms with Crippen LogP contribution in [-0.2, 0) is 11.2 Å². The number of anilines is 1. The largest absolute Gasteiger partial charge is 0.542 e. The van der Waals surface area contributed by atoms with Crippen molar-refractivity contribution in [1.29, 1.82) is 0 Å². The van der Waals surface area contributed by atoms with Crippen molar-refractivity contribution in [2.45, 2.75) is 64.7 Å². The summed E-state index contributed by atoms with van der Waals surface area (Å²) in [5, 5.41) is 8.03. The molecule has 3 N–H and O–H groups in total. The first-order valence-corrected chi connectivity index (χ1v) is 16.0.